The predicted molar refractivity (Wildman–Crippen MR) is 107 cm³/mol. The van der Waals surface area contributed by atoms with Gasteiger partial charge in [-0.15, -0.1) is 0 Å². The Morgan fingerprint density at radius 2 is 2.14 bits per heavy atom. The third kappa shape index (κ3) is 3.07. The SMILES string of the molecule is CS(=O)(=O)Oc1ccc2c(c1)[C@@]13CCCC[C@H]1[C@@H](C2)N(Cc1ccoc1)CC3. The number of hydrogen-bond donors (Lipinski definition) is 0. The Hall–Kier alpha value is -1.79. The molecule has 5 rings (SSSR count). The lowest BCUT2D eigenvalue weighted by Gasteiger charge is -2.59. The first kappa shape index (κ1) is 18.3. The van der Waals surface area contributed by atoms with Gasteiger partial charge >= 0.3 is 10.1 Å². The van der Waals surface area contributed by atoms with E-state index < -0.39 is 10.1 Å². The topological polar surface area (TPSA) is 59.8 Å². The minimum absolute atomic E-state index is 0.167. The molecule has 0 unspecified atom stereocenters. The van der Waals surface area contributed by atoms with Crippen LogP contribution in [0, 0.1) is 5.92 Å². The Balaban J connectivity index is 1.53. The van der Waals surface area contributed by atoms with Crippen LogP contribution in [0.15, 0.2) is 41.2 Å². The molecule has 1 aromatic heterocycles. The minimum Gasteiger partial charge on any atom is -0.472 e. The number of piperidine rings is 1. The van der Waals surface area contributed by atoms with Crippen molar-refractivity contribution in [2.45, 2.75) is 56.5 Å². The molecule has 3 aliphatic rings. The van der Waals surface area contributed by atoms with Crippen molar-refractivity contribution in [2.75, 3.05) is 12.8 Å². The monoisotopic (exact) mass is 401 g/mol. The highest BCUT2D eigenvalue weighted by Crippen LogP contribution is 2.56. The summed E-state index contributed by atoms with van der Waals surface area (Å²) in [4.78, 5) is 2.64. The minimum atomic E-state index is -3.51. The molecule has 2 bridgehead atoms. The van der Waals surface area contributed by atoms with E-state index in [2.05, 4.69) is 17.0 Å². The predicted octanol–water partition coefficient (Wildman–Crippen LogP) is 3.88. The van der Waals surface area contributed by atoms with E-state index in [1.807, 2.05) is 18.4 Å². The lowest BCUT2D eigenvalue weighted by Crippen LogP contribution is -2.60. The standard InChI is InChI=1S/C22H27NO4S/c1-28(24,25)27-18-6-5-17-12-21-19-4-2-3-8-22(19,20(17)13-18)9-10-23(21)14-16-7-11-26-15-16/h5-7,11,13,15,19,21H,2-4,8-10,12,14H2,1H3/t19-,21+,22+/m0/s1. The number of rotatable bonds is 4. The van der Waals surface area contributed by atoms with Crippen LogP contribution in [-0.2, 0) is 28.5 Å². The van der Waals surface area contributed by atoms with Crippen molar-refractivity contribution in [1.82, 2.24) is 4.90 Å². The molecule has 5 nitrogen and oxygen atoms in total. The van der Waals surface area contributed by atoms with Crippen LogP contribution < -0.4 is 4.18 Å². The second kappa shape index (κ2) is 6.63. The van der Waals surface area contributed by atoms with Crippen molar-refractivity contribution < 1.29 is 17.0 Å². The Labute approximate surface area is 166 Å². The maximum atomic E-state index is 11.6. The molecule has 28 heavy (non-hydrogen) atoms. The van der Waals surface area contributed by atoms with Gasteiger partial charge in [0.2, 0.25) is 0 Å². The van der Waals surface area contributed by atoms with E-state index in [0.29, 0.717) is 17.7 Å². The van der Waals surface area contributed by atoms with E-state index in [1.165, 1.54) is 42.4 Å². The van der Waals surface area contributed by atoms with Crippen LogP contribution in [0.3, 0.4) is 0 Å². The summed E-state index contributed by atoms with van der Waals surface area (Å²) < 4.78 is 33.8. The number of hydrogen-bond acceptors (Lipinski definition) is 5. The highest BCUT2D eigenvalue weighted by molar-refractivity contribution is 7.86. The summed E-state index contributed by atoms with van der Waals surface area (Å²) in [6.45, 7) is 2.02. The lowest BCUT2D eigenvalue weighted by molar-refractivity contribution is -0.0157. The van der Waals surface area contributed by atoms with E-state index in [1.54, 1.807) is 6.26 Å². The van der Waals surface area contributed by atoms with Gasteiger partial charge < -0.3 is 8.60 Å². The quantitative estimate of drug-likeness (QED) is 0.728. The third-order valence-electron chi connectivity index (χ3n) is 7.14. The van der Waals surface area contributed by atoms with Crippen LogP contribution in [0.4, 0.5) is 0 Å². The van der Waals surface area contributed by atoms with E-state index in [0.717, 1.165) is 32.2 Å². The number of furan rings is 1. The average Bonchev–Trinajstić information content (AvgIpc) is 3.16. The fourth-order valence-electron chi connectivity index (χ4n) is 6.10. The number of nitrogens with zero attached hydrogens (tertiary/aromatic N) is 1. The molecular weight excluding hydrogens is 374 g/mol. The van der Waals surface area contributed by atoms with Crippen LogP contribution in [-0.4, -0.2) is 32.2 Å². The molecule has 0 radical (unpaired) electrons. The van der Waals surface area contributed by atoms with Gasteiger partial charge in [0.1, 0.15) is 5.75 Å². The lowest BCUT2D eigenvalue weighted by atomic mass is 9.52. The van der Waals surface area contributed by atoms with Crippen LogP contribution in [0.1, 0.15) is 48.8 Å². The van der Waals surface area contributed by atoms with Crippen LogP contribution in [0.5, 0.6) is 5.75 Å². The van der Waals surface area contributed by atoms with Gasteiger partial charge in [0.15, 0.2) is 0 Å². The fraction of sp³-hybridized carbons (Fsp3) is 0.545. The molecule has 2 heterocycles. The van der Waals surface area contributed by atoms with Crippen LogP contribution in [0.2, 0.25) is 0 Å². The summed E-state index contributed by atoms with van der Waals surface area (Å²) in [5.41, 5.74) is 4.12. The Morgan fingerprint density at radius 3 is 2.93 bits per heavy atom. The number of benzene rings is 1. The normalized spacial score (nSPS) is 29.8. The molecule has 3 atom stereocenters. The molecule has 0 spiro atoms. The molecule has 1 aromatic carbocycles. The first-order valence-electron chi connectivity index (χ1n) is 10.2. The zero-order chi connectivity index (χ0) is 19.4. The smallest absolute Gasteiger partial charge is 0.306 e. The van der Waals surface area contributed by atoms with Crippen LogP contribution in [0.25, 0.3) is 0 Å². The van der Waals surface area contributed by atoms with Gasteiger partial charge in [-0.3, -0.25) is 4.90 Å². The van der Waals surface area contributed by atoms with Gasteiger partial charge in [-0.1, -0.05) is 18.9 Å². The summed E-state index contributed by atoms with van der Waals surface area (Å²) in [6.07, 6.45) is 11.9. The van der Waals surface area contributed by atoms with E-state index in [-0.39, 0.29) is 5.41 Å². The summed E-state index contributed by atoms with van der Waals surface area (Å²) in [7, 11) is -3.51. The molecule has 2 aliphatic carbocycles. The van der Waals surface area contributed by atoms with Crippen molar-refractivity contribution >= 4 is 10.1 Å². The van der Waals surface area contributed by atoms with E-state index in [4.69, 9.17) is 8.60 Å². The van der Waals surface area contributed by atoms with Gasteiger partial charge in [-0.25, -0.2) is 0 Å². The first-order chi connectivity index (χ1) is 13.4. The molecule has 1 aliphatic heterocycles. The fourth-order valence-corrected chi connectivity index (χ4v) is 6.56. The summed E-state index contributed by atoms with van der Waals surface area (Å²) in [6, 6.07) is 8.54. The molecule has 0 N–H and O–H groups in total. The second-order valence-corrected chi connectivity index (χ2v) is 10.3. The zero-order valence-electron chi connectivity index (χ0n) is 16.3. The van der Waals surface area contributed by atoms with Gasteiger partial charge in [0, 0.05) is 23.6 Å². The highest BCUT2D eigenvalue weighted by Gasteiger charge is 2.53. The number of fused-ring (bicyclic) bond motifs is 1. The van der Waals surface area contributed by atoms with Gasteiger partial charge in [0.25, 0.3) is 0 Å². The molecule has 0 amide bonds. The van der Waals surface area contributed by atoms with Crippen molar-refractivity contribution in [3.05, 3.63) is 53.5 Å². The average molecular weight is 402 g/mol. The molecular formula is C22H27NO4S. The molecule has 1 saturated carbocycles. The molecule has 150 valence electrons. The molecule has 6 heteroatoms. The van der Waals surface area contributed by atoms with E-state index >= 15 is 0 Å². The van der Waals surface area contributed by atoms with E-state index in [9.17, 15) is 8.42 Å². The Kier molecular flexibility index (Phi) is 4.32. The summed E-state index contributed by atoms with van der Waals surface area (Å²) in [5, 5.41) is 0. The van der Waals surface area contributed by atoms with Gasteiger partial charge in [-0.05, 0) is 67.5 Å². The largest absolute Gasteiger partial charge is 0.472 e. The maximum Gasteiger partial charge on any atom is 0.306 e. The van der Waals surface area contributed by atoms with Crippen molar-refractivity contribution in [1.29, 1.82) is 0 Å². The van der Waals surface area contributed by atoms with Crippen LogP contribution >= 0.6 is 0 Å². The Morgan fingerprint density at radius 1 is 1.25 bits per heavy atom. The molecule has 1 saturated heterocycles. The van der Waals surface area contributed by atoms with Gasteiger partial charge in [0.05, 0.1) is 18.8 Å². The number of likely N-dealkylation sites (tertiary alicyclic amines) is 1. The molecule has 2 fully saturated rings. The van der Waals surface area contributed by atoms with Crippen molar-refractivity contribution in [3.8, 4) is 5.75 Å². The van der Waals surface area contributed by atoms with Crippen molar-refractivity contribution in [2.24, 2.45) is 5.92 Å². The summed E-state index contributed by atoms with van der Waals surface area (Å²) >= 11 is 0. The second-order valence-electron chi connectivity index (χ2n) is 8.74. The molecule has 2 aromatic rings. The third-order valence-corrected chi connectivity index (χ3v) is 7.63. The van der Waals surface area contributed by atoms with Crippen molar-refractivity contribution in [3.63, 3.8) is 0 Å². The van der Waals surface area contributed by atoms with Gasteiger partial charge in [-0.2, -0.15) is 8.42 Å². The Bertz CT molecular complexity index is 968. The summed E-state index contributed by atoms with van der Waals surface area (Å²) in [5.74, 6) is 1.09. The highest BCUT2D eigenvalue weighted by atomic mass is 32.2. The zero-order valence-corrected chi connectivity index (χ0v) is 17.1. The first-order valence-corrected chi connectivity index (χ1v) is 12.0. The maximum absolute atomic E-state index is 11.6.